The van der Waals surface area contributed by atoms with Gasteiger partial charge in [0.05, 0.1) is 12.0 Å². The second kappa shape index (κ2) is 8.25. The predicted molar refractivity (Wildman–Crippen MR) is 106 cm³/mol. The average Bonchev–Trinajstić information content (AvgIpc) is 3.03. The Bertz CT molecular complexity index is 815. The molecule has 0 spiro atoms. The smallest absolute Gasteiger partial charge is 0.227 e. The maximum atomic E-state index is 12.6. The summed E-state index contributed by atoms with van der Waals surface area (Å²) in [4.78, 5) is 26.6. The number of para-hydroxylation sites is 1. The highest BCUT2D eigenvalue weighted by Crippen LogP contribution is 2.26. The van der Waals surface area contributed by atoms with Gasteiger partial charge >= 0.3 is 0 Å². The van der Waals surface area contributed by atoms with Gasteiger partial charge in [0, 0.05) is 30.8 Å². The third-order valence-electron chi connectivity index (χ3n) is 4.63. The van der Waals surface area contributed by atoms with Gasteiger partial charge in [0.25, 0.3) is 0 Å². The summed E-state index contributed by atoms with van der Waals surface area (Å²) in [6, 6.07) is 15.5. The molecule has 0 saturated carbocycles. The van der Waals surface area contributed by atoms with Gasteiger partial charge in [-0.05, 0) is 39.0 Å². The van der Waals surface area contributed by atoms with Crippen molar-refractivity contribution in [3.8, 4) is 5.75 Å². The molecule has 2 amide bonds. The van der Waals surface area contributed by atoms with E-state index in [1.807, 2.05) is 69.3 Å². The van der Waals surface area contributed by atoms with E-state index in [1.54, 1.807) is 4.90 Å². The molecule has 1 fully saturated rings. The van der Waals surface area contributed by atoms with Gasteiger partial charge in [0.2, 0.25) is 11.8 Å². The summed E-state index contributed by atoms with van der Waals surface area (Å²) in [6.45, 7) is 6.75. The fraction of sp³-hybridized carbons (Fsp3) is 0.364. The van der Waals surface area contributed by atoms with Gasteiger partial charge in [-0.25, -0.2) is 0 Å². The van der Waals surface area contributed by atoms with Crippen LogP contribution in [0.5, 0.6) is 5.75 Å². The highest BCUT2D eigenvalue weighted by molar-refractivity contribution is 6.00. The van der Waals surface area contributed by atoms with Crippen molar-refractivity contribution in [1.82, 2.24) is 5.32 Å². The van der Waals surface area contributed by atoms with Crippen molar-refractivity contribution < 1.29 is 14.3 Å². The second-order valence-electron chi connectivity index (χ2n) is 7.23. The maximum absolute atomic E-state index is 12.6. The third-order valence-corrected chi connectivity index (χ3v) is 4.63. The van der Waals surface area contributed by atoms with Crippen LogP contribution in [0.25, 0.3) is 0 Å². The molecule has 0 bridgehead atoms. The van der Waals surface area contributed by atoms with E-state index in [4.69, 9.17) is 4.74 Å². The number of ether oxygens (including phenoxy) is 1. The van der Waals surface area contributed by atoms with Crippen molar-refractivity contribution in [3.63, 3.8) is 0 Å². The van der Waals surface area contributed by atoms with Gasteiger partial charge in [0.1, 0.15) is 5.75 Å². The summed E-state index contributed by atoms with van der Waals surface area (Å²) in [7, 11) is 0. The Morgan fingerprint density at radius 1 is 1.19 bits per heavy atom. The molecular weight excluding hydrogens is 340 g/mol. The Balaban J connectivity index is 1.61. The number of nitrogens with one attached hydrogen (secondary N) is 1. The van der Waals surface area contributed by atoms with Crippen LogP contribution in [-0.4, -0.2) is 24.5 Å². The largest absolute Gasteiger partial charge is 0.491 e. The molecule has 1 atom stereocenters. The minimum absolute atomic E-state index is 0.0115. The highest BCUT2D eigenvalue weighted by atomic mass is 16.5. The molecule has 0 aliphatic carbocycles. The number of amides is 2. The number of hydrogen-bond acceptors (Lipinski definition) is 3. The first-order valence-corrected chi connectivity index (χ1v) is 9.33. The quantitative estimate of drug-likeness (QED) is 0.852. The normalized spacial score (nSPS) is 16.7. The Morgan fingerprint density at radius 2 is 1.89 bits per heavy atom. The molecule has 27 heavy (non-hydrogen) atoms. The predicted octanol–water partition coefficient (Wildman–Crippen LogP) is 3.45. The Hall–Kier alpha value is -2.82. The van der Waals surface area contributed by atoms with Crippen LogP contribution in [0.3, 0.4) is 0 Å². The number of rotatable bonds is 6. The van der Waals surface area contributed by atoms with Gasteiger partial charge in [-0.3, -0.25) is 9.59 Å². The molecule has 3 rings (SSSR count). The first-order chi connectivity index (χ1) is 12.9. The lowest BCUT2D eigenvalue weighted by Crippen LogP contribution is -2.32. The lowest BCUT2D eigenvalue weighted by Gasteiger charge is -2.17. The van der Waals surface area contributed by atoms with E-state index < -0.39 is 0 Å². The molecule has 1 aliphatic heterocycles. The van der Waals surface area contributed by atoms with Crippen LogP contribution >= 0.6 is 0 Å². The molecule has 1 saturated heterocycles. The molecule has 0 radical (unpaired) electrons. The number of anilines is 1. The van der Waals surface area contributed by atoms with E-state index in [1.165, 1.54) is 0 Å². The van der Waals surface area contributed by atoms with Crippen molar-refractivity contribution in [2.45, 2.75) is 39.8 Å². The van der Waals surface area contributed by atoms with Crippen LogP contribution in [0.4, 0.5) is 5.69 Å². The van der Waals surface area contributed by atoms with E-state index in [0.29, 0.717) is 13.1 Å². The first kappa shape index (κ1) is 19.0. The van der Waals surface area contributed by atoms with Crippen LogP contribution in [0, 0.1) is 12.8 Å². The summed E-state index contributed by atoms with van der Waals surface area (Å²) in [5.74, 6) is 0.327. The van der Waals surface area contributed by atoms with Crippen molar-refractivity contribution >= 4 is 17.5 Å². The second-order valence-corrected chi connectivity index (χ2v) is 7.23. The number of aryl methyl sites for hydroxylation is 1. The molecule has 2 aromatic carbocycles. The van der Waals surface area contributed by atoms with Crippen molar-refractivity contribution in [2.75, 3.05) is 11.4 Å². The Kier molecular flexibility index (Phi) is 5.79. The zero-order chi connectivity index (χ0) is 19.4. The fourth-order valence-electron chi connectivity index (χ4n) is 3.20. The van der Waals surface area contributed by atoms with Crippen molar-refractivity contribution in [1.29, 1.82) is 0 Å². The zero-order valence-electron chi connectivity index (χ0n) is 16.1. The Labute approximate surface area is 160 Å². The van der Waals surface area contributed by atoms with Crippen LogP contribution in [0.1, 0.15) is 31.4 Å². The molecule has 2 aromatic rings. The van der Waals surface area contributed by atoms with Gasteiger partial charge < -0.3 is 15.0 Å². The molecule has 0 aromatic heterocycles. The van der Waals surface area contributed by atoms with E-state index in [9.17, 15) is 9.59 Å². The van der Waals surface area contributed by atoms with Crippen LogP contribution < -0.4 is 15.0 Å². The molecular formula is C22H26N2O3. The van der Waals surface area contributed by atoms with Gasteiger partial charge in [-0.15, -0.1) is 0 Å². The fourth-order valence-corrected chi connectivity index (χ4v) is 3.20. The summed E-state index contributed by atoms with van der Waals surface area (Å²) >= 11 is 0. The lowest BCUT2D eigenvalue weighted by molar-refractivity contribution is -0.126. The topological polar surface area (TPSA) is 58.6 Å². The number of carbonyl (C=O) groups is 2. The maximum Gasteiger partial charge on any atom is 0.227 e. The van der Waals surface area contributed by atoms with Crippen LogP contribution in [0.2, 0.25) is 0 Å². The van der Waals surface area contributed by atoms with E-state index >= 15 is 0 Å². The van der Waals surface area contributed by atoms with Crippen LogP contribution in [-0.2, 0) is 16.1 Å². The third kappa shape index (κ3) is 4.67. The standard InChI is InChI=1S/C22H26N2O3/c1-15(2)27-20-7-5-4-6-17(20)13-23-22(26)18-12-21(25)24(14-18)19-10-8-16(3)9-11-19/h4-11,15,18H,12-14H2,1-3H3,(H,23,26). The van der Waals surface area contributed by atoms with E-state index in [0.717, 1.165) is 22.6 Å². The van der Waals surface area contributed by atoms with E-state index in [-0.39, 0.29) is 30.3 Å². The first-order valence-electron chi connectivity index (χ1n) is 9.33. The number of hydrogen-bond donors (Lipinski definition) is 1. The molecule has 1 heterocycles. The molecule has 1 unspecified atom stereocenters. The van der Waals surface area contributed by atoms with Crippen LogP contribution in [0.15, 0.2) is 48.5 Å². The summed E-state index contributed by atoms with van der Waals surface area (Å²) < 4.78 is 5.79. The summed E-state index contributed by atoms with van der Waals surface area (Å²) in [6.07, 6.45) is 0.307. The van der Waals surface area contributed by atoms with E-state index in [2.05, 4.69) is 5.32 Å². The number of benzene rings is 2. The molecule has 5 nitrogen and oxygen atoms in total. The molecule has 5 heteroatoms. The monoisotopic (exact) mass is 366 g/mol. The average molecular weight is 366 g/mol. The molecule has 142 valence electrons. The highest BCUT2D eigenvalue weighted by Gasteiger charge is 2.35. The minimum atomic E-state index is -0.336. The van der Waals surface area contributed by atoms with Crippen molar-refractivity contribution in [3.05, 3.63) is 59.7 Å². The number of nitrogens with zero attached hydrogens (tertiary/aromatic N) is 1. The number of carbonyl (C=O) groups excluding carboxylic acids is 2. The van der Waals surface area contributed by atoms with Gasteiger partial charge in [0.15, 0.2) is 0 Å². The van der Waals surface area contributed by atoms with Gasteiger partial charge in [-0.1, -0.05) is 35.9 Å². The van der Waals surface area contributed by atoms with Crippen molar-refractivity contribution in [2.24, 2.45) is 5.92 Å². The molecule has 1 aliphatic rings. The lowest BCUT2D eigenvalue weighted by atomic mass is 10.1. The molecule has 1 N–H and O–H groups in total. The summed E-state index contributed by atoms with van der Waals surface area (Å²) in [5.41, 5.74) is 2.91. The minimum Gasteiger partial charge on any atom is -0.491 e. The van der Waals surface area contributed by atoms with Gasteiger partial charge in [-0.2, -0.15) is 0 Å². The summed E-state index contributed by atoms with van der Waals surface area (Å²) in [5, 5.41) is 2.96. The Morgan fingerprint density at radius 3 is 2.59 bits per heavy atom. The SMILES string of the molecule is Cc1ccc(N2CC(C(=O)NCc3ccccc3OC(C)C)CC2=O)cc1. The zero-order valence-corrected chi connectivity index (χ0v) is 16.1.